The van der Waals surface area contributed by atoms with Crippen LogP contribution in [-0.4, -0.2) is 11.9 Å². The van der Waals surface area contributed by atoms with Crippen LogP contribution in [0.1, 0.15) is 18.9 Å². The third kappa shape index (κ3) is 2.96. The van der Waals surface area contributed by atoms with Gasteiger partial charge in [0.15, 0.2) is 0 Å². The first-order valence-corrected chi connectivity index (χ1v) is 5.12. The summed E-state index contributed by atoms with van der Waals surface area (Å²) in [6.07, 6.45) is 1.97. The highest BCUT2D eigenvalue weighted by Crippen LogP contribution is 2.22. The van der Waals surface area contributed by atoms with E-state index < -0.39 is 0 Å². The van der Waals surface area contributed by atoms with Gasteiger partial charge < -0.3 is 5.73 Å². The summed E-state index contributed by atoms with van der Waals surface area (Å²) < 4.78 is 0. The van der Waals surface area contributed by atoms with E-state index in [4.69, 9.17) is 5.73 Å². The number of nitrogens with two attached hydrogens (primary N) is 1. The van der Waals surface area contributed by atoms with Gasteiger partial charge in [-0.2, -0.15) is 0 Å². The quantitative estimate of drug-likeness (QED) is 0.823. The Morgan fingerprint density at radius 3 is 2.53 bits per heavy atom. The molecule has 2 nitrogen and oxygen atoms in total. The van der Waals surface area contributed by atoms with Crippen molar-refractivity contribution in [3.8, 4) is 0 Å². The zero-order chi connectivity index (χ0) is 9.97. The van der Waals surface area contributed by atoms with Gasteiger partial charge in [0.05, 0.1) is 11.9 Å². The van der Waals surface area contributed by atoms with E-state index in [1.807, 2.05) is 6.07 Å². The molecule has 0 aromatic heterocycles. The molecule has 0 saturated carbocycles. The van der Waals surface area contributed by atoms with E-state index in [1.165, 1.54) is 5.56 Å². The molecule has 0 saturated heterocycles. The highest BCUT2D eigenvalue weighted by Gasteiger charge is 2.23. The van der Waals surface area contributed by atoms with Crippen LogP contribution in [0.25, 0.3) is 0 Å². The molecule has 82 valence electrons. The maximum Gasteiger partial charge on any atom is 0.0944 e. The molecule has 1 heterocycles. The van der Waals surface area contributed by atoms with Crippen molar-refractivity contribution in [3.05, 3.63) is 35.9 Å². The molecule has 1 aromatic carbocycles. The number of amidine groups is 1. The van der Waals surface area contributed by atoms with Gasteiger partial charge in [0.25, 0.3) is 0 Å². The van der Waals surface area contributed by atoms with Crippen LogP contribution in [-0.2, 0) is 6.42 Å². The molecule has 2 atom stereocenters. The topological polar surface area (TPSA) is 38.4 Å². The Labute approximate surface area is 97.0 Å². The maximum absolute atomic E-state index is 5.72. The normalized spacial score (nSPS) is 24.5. The Hall–Kier alpha value is -1.02. The van der Waals surface area contributed by atoms with Gasteiger partial charge in [0.1, 0.15) is 0 Å². The molecule has 0 bridgehead atoms. The molecular formula is C12H17ClN2. The largest absolute Gasteiger partial charge is 0.387 e. The maximum atomic E-state index is 5.72. The van der Waals surface area contributed by atoms with Crippen LogP contribution < -0.4 is 5.73 Å². The van der Waals surface area contributed by atoms with Gasteiger partial charge in [-0.15, -0.1) is 12.4 Å². The first kappa shape index (κ1) is 12.1. The Morgan fingerprint density at radius 2 is 2.00 bits per heavy atom. The molecule has 0 aliphatic carbocycles. The monoisotopic (exact) mass is 224 g/mol. The molecule has 3 heteroatoms. The van der Waals surface area contributed by atoms with E-state index in [2.05, 4.69) is 36.2 Å². The molecule has 1 aromatic rings. The Bertz CT molecular complexity index is 335. The highest BCUT2D eigenvalue weighted by molar-refractivity contribution is 5.85. The van der Waals surface area contributed by atoms with Gasteiger partial charge in [-0.05, 0) is 17.9 Å². The lowest BCUT2D eigenvalue weighted by Crippen LogP contribution is -2.13. The Morgan fingerprint density at radius 1 is 1.33 bits per heavy atom. The first-order valence-electron chi connectivity index (χ1n) is 5.12. The summed E-state index contributed by atoms with van der Waals surface area (Å²) in [5.74, 6) is 1.41. The van der Waals surface area contributed by atoms with Crippen molar-refractivity contribution in [1.82, 2.24) is 0 Å². The van der Waals surface area contributed by atoms with Crippen molar-refractivity contribution < 1.29 is 0 Å². The summed E-state index contributed by atoms with van der Waals surface area (Å²) in [5.41, 5.74) is 7.07. The fourth-order valence-electron chi connectivity index (χ4n) is 1.96. The van der Waals surface area contributed by atoms with Gasteiger partial charge in [-0.25, -0.2) is 0 Å². The molecular weight excluding hydrogens is 208 g/mol. The number of benzene rings is 1. The van der Waals surface area contributed by atoms with E-state index in [1.54, 1.807) is 0 Å². The molecule has 2 N–H and O–H groups in total. The molecule has 0 unspecified atom stereocenters. The van der Waals surface area contributed by atoms with Crippen LogP contribution in [0.15, 0.2) is 35.3 Å². The summed E-state index contributed by atoms with van der Waals surface area (Å²) in [5, 5.41) is 0. The lowest BCUT2D eigenvalue weighted by molar-refractivity contribution is 0.502. The second-order valence-corrected chi connectivity index (χ2v) is 4.06. The van der Waals surface area contributed by atoms with Gasteiger partial charge >= 0.3 is 0 Å². The molecule has 2 rings (SSSR count). The molecule has 0 spiro atoms. The minimum absolute atomic E-state index is 0. The van der Waals surface area contributed by atoms with Crippen LogP contribution in [0, 0.1) is 5.92 Å². The fraction of sp³-hybridized carbons (Fsp3) is 0.417. The second kappa shape index (κ2) is 5.17. The van der Waals surface area contributed by atoms with Crippen LogP contribution in [0.2, 0.25) is 0 Å². The SMILES string of the molecule is C[C@H]1CC(N)=N[C@@H]1Cc1ccccc1.Cl. The van der Waals surface area contributed by atoms with Crippen molar-refractivity contribution in [2.75, 3.05) is 0 Å². The van der Waals surface area contributed by atoms with Crippen LogP contribution in [0.3, 0.4) is 0 Å². The molecule has 1 aliphatic rings. The molecule has 15 heavy (non-hydrogen) atoms. The molecule has 0 radical (unpaired) electrons. The number of aliphatic imine (C=N–C) groups is 1. The van der Waals surface area contributed by atoms with Gasteiger partial charge in [0, 0.05) is 6.42 Å². The van der Waals surface area contributed by atoms with Crippen molar-refractivity contribution >= 4 is 18.2 Å². The minimum Gasteiger partial charge on any atom is -0.387 e. The number of hydrogen-bond acceptors (Lipinski definition) is 2. The summed E-state index contributed by atoms with van der Waals surface area (Å²) in [4.78, 5) is 4.46. The minimum atomic E-state index is 0. The van der Waals surface area contributed by atoms with E-state index in [9.17, 15) is 0 Å². The van der Waals surface area contributed by atoms with Crippen molar-refractivity contribution in [3.63, 3.8) is 0 Å². The third-order valence-corrected chi connectivity index (χ3v) is 2.81. The lowest BCUT2D eigenvalue weighted by Gasteiger charge is -2.12. The third-order valence-electron chi connectivity index (χ3n) is 2.81. The lowest BCUT2D eigenvalue weighted by atomic mass is 9.96. The number of rotatable bonds is 2. The summed E-state index contributed by atoms with van der Waals surface area (Å²) in [6, 6.07) is 10.9. The highest BCUT2D eigenvalue weighted by atomic mass is 35.5. The fourth-order valence-corrected chi connectivity index (χ4v) is 1.96. The average Bonchev–Trinajstić information content (AvgIpc) is 2.47. The Balaban J connectivity index is 0.00000112. The van der Waals surface area contributed by atoms with Crippen molar-refractivity contribution in [1.29, 1.82) is 0 Å². The van der Waals surface area contributed by atoms with Crippen LogP contribution in [0.4, 0.5) is 0 Å². The summed E-state index contributed by atoms with van der Waals surface area (Å²) in [7, 11) is 0. The standard InChI is InChI=1S/C12H16N2.ClH/c1-9-7-12(13)14-11(9)8-10-5-3-2-4-6-10;/h2-6,9,11H,7-8H2,1H3,(H2,13,14);1H/t9-,11+;/m0./s1. The van der Waals surface area contributed by atoms with E-state index >= 15 is 0 Å². The second-order valence-electron chi connectivity index (χ2n) is 4.06. The zero-order valence-electron chi connectivity index (χ0n) is 8.89. The predicted molar refractivity (Wildman–Crippen MR) is 66.6 cm³/mol. The summed E-state index contributed by atoms with van der Waals surface area (Å²) >= 11 is 0. The number of hydrogen-bond donors (Lipinski definition) is 1. The van der Waals surface area contributed by atoms with Gasteiger partial charge in [-0.1, -0.05) is 37.3 Å². The van der Waals surface area contributed by atoms with Crippen LogP contribution >= 0.6 is 12.4 Å². The zero-order valence-corrected chi connectivity index (χ0v) is 9.70. The van der Waals surface area contributed by atoms with Crippen molar-refractivity contribution in [2.45, 2.75) is 25.8 Å². The summed E-state index contributed by atoms with van der Waals surface area (Å²) in [6.45, 7) is 2.22. The molecule has 0 amide bonds. The smallest absolute Gasteiger partial charge is 0.0944 e. The average molecular weight is 225 g/mol. The van der Waals surface area contributed by atoms with Crippen LogP contribution in [0.5, 0.6) is 0 Å². The molecule has 0 fully saturated rings. The van der Waals surface area contributed by atoms with E-state index in [0.29, 0.717) is 12.0 Å². The Kier molecular flexibility index (Phi) is 4.15. The van der Waals surface area contributed by atoms with E-state index in [-0.39, 0.29) is 12.4 Å². The van der Waals surface area contributed by atoms with Crippen molar-refractivity contribution in [2.24, 2.45) is 16.6 Å². The number of nitrogens with zero attached hydrogens (tertiary/aromatic N) is 1. The predicted octanol–water partition coefficient (Wildman–Crippen LogP) is 2.42. The van der Waals surface area contributed by atoms with Gasteiger partial charge in [0.2, 0.25) is 0 Å². The first-order chi connectivity index (χ1) is 6.75. The molecule has 1 aliphatic heterocycles. The van der Waals surface area contributed by atoms with Gasteiger partial charge in [-0.3, -0.25) is 4.99 Å². The number of halogens is 1. The van der Waals surface area contributed by atoms with E-state index in [0.717, 1.165) is 18.7 Å².